The van der Waals surface area contributed by atoms with Crippen molar-refractivity contribution >= 4 is 22.5 Å². The van der Waals surface area contributed by atoms with Gasteiger partial charge in [-0.25, -0.2) is 0 Å². The lowest BCUT2D eigenvalue weighted by atomic mass is 10.1. The summed E-state index contributed by atoms with van der Waals surface area (Å²) in [6, 6.07) is 12.3. The second kappa shape index (κ2) is 5.91. The maximum atomic E-state index is 13.0. The van der Waals surface area contributed by atoms with Gasteiger partial charge in [0.05, 0.1) is 12.6 Å². The number of anilines is 1. The van der Waals surface area contributed by atoms with Crippen molar-refractivity contribution in [3.05, 3.63) is 63.9 Å². The fourth-order valence-corrected chi connectivity index (χ4v) is 3.62. The first-order valence-corrected chi connectivity index (χ1v) is 8.35. The molecule has 1 aliphatic rings. The van der Waals surface area contributed by atoms with Crippen LogP contribution in [0.25, 0.3) is 10.9 Å². The quantitative estimate of drug-likeness (QED) is 0.761. The summed E-state index contributed by atoms with van der Waals surface area (Å²) in [5.41, 5.74) is 1.47. The fraction of sp³-hybridized carbons (Fsp3) is 0.200. The molecule has 2 heterocycles. The number of amides is 1. The molecule has 0 fully saturated rings. The van der Waals surface area contributed by atoms with E-state index in [2.05, 4.69) is 5.32 Å². The summed E-state index contributed by atoms with van der Waals surface area (Å²) in [5.74, 6) is -0.340. The first-order valence-electron chi connectivity index (χ1n) is 8.35. The number of carbonyl (C=O) groups excluding carboxylic acids is 1. The molecule has 0 aliphatic carbocycles. The third kappa shape index (κ3) is 2.34. The highest BCUT2D eigenvalue weighted by molar-refractivity contribution is 6.09. The normalized spacial score (nSPS) is 15.2. The Morgan fingerprint density at radius 1 is 1.27 bits per heavy atom. The maximum Gasteiger partial charge on any atom is 0.268 e. The van der Waals surface area contributed by atoms with Gasteiger partial charge in [0, 0.05) is 23.2 Å². The lowest BCUT2D eigenvalue weighted by Gasteiger charge is -2.14. The summed E-state index contributed by atoms with van der Waals surface area (Å²) in [7, 11) is 1.53. The lowest BCUT2D eigenvalue weighted by molar-refractivity contribution is 0.102. The van der Waals surface area contributed by atoms with Crippen LogP contribution in [0.4, 0.5) is 5.69 Å². The summed E-state index contributed by atoms with van der Waals surface area (Å²) in [6.45, 7) is 1.93. The van der Waals surface area contributed by atoms with Crippen LogP contribution >= 0.6 is 0 Å². The van der Waals surface area contributed by atoms with E-state index in [4.69, 9.17) is 4.74 Å². The van der Waals surface area contributed by atoms with Crippen molar-refractivity contribution in [1.29, 1.82) is 0 Å². The van der Waals surface area contributed by atoms with Gasteiger partial charge in [-0.05, 0) is 37.1 Å². The largest absolute Gasteiger partial charge is 0.506 e. The Morgan fingerprint density at radius 2 is 2.04 bits per heavy atom. The van der Waals surface area contributed by atoms with Gasteiger partial charge in [0.15, 0.2) is 0 Å². The van der Waals surface area contributed by atoms with Gasteiger partial charge in [-0.2, -0.15) is 0 Å². The molecule has 1 amide bonds. The van der Waals surface area contributed by atoms with Crippen molar-refractivity contribution in [3.63, 3.8) is 0 Å². The number of nitrogens with zero attached hydrogens (tertiary/aromatic N) is 1. The predicted molar refractivity (Wildman–Crippen MR) is 99.2 cm³/mol. The molecule has 2 N–H and O–H groups in total. The van der Waals surface area contributed by atoms with Crippen molar-refractivity contribution in [2.75, 3.05) is 12.4 Å². The van der Waals surface area contributed by atoms with Gasteiger partial charge >= 0.3 is 0 Å². The zero-order chi connectivity index (χ0) is 18.4. The third-order valence-electron chi connectivity index (χ3n) is 4.80. The van der Waals surface area contributed by atoms with E-state index >= 15 is 0 Å². The number of hydrogen-bond acceptors (Lipinski definition) is 4. The van der Waals surface area contributed by atoms with E-state index in [0.29, 0.717) is 28.8 Å². The molecule has 1 atom stereocenters. The molecule has 26 heavy (non-hydrogen) atoms. The Morgan fingerprint density at radius 3 is 2.81 bits per heavy atom. The van der Waals surface area contributed by atoms with Gasteiger partial charge in [-0.15, -0.1) is 0 Å². The molecule has 6 heteroatoms. The Hall–Kier alpha value is -3.28. The molecule has 1 aromatic heterocycles. The summed E-state index contributed by atoms with van der Waals surface area (Å²) in [4.78, 5) is 25.7. The Balaban J connectivity index is 1.85. The molecule has 4 rings (SSSR count). The number of aromatic hydroxyl groups is 1. The van der Waals surface area contributed by atoms with Gasteiger partial charge < -0.3 is 19.7 Å². The molecule has 0 radical (unpaired) electrons. The van der Waals surface area contributed by atoms with Crippen LogP contribution in [-0.4, -0.2) is 22.7 Å². The van der Waals surface area contributed by atoms with Gasteiger partial charge in [0.1, 0.15) is 17.1 Å². The van der Waals surface area contributed by atoms with Crippen LogP contribution < -0.4 is 15.6 Å². The minimum atomic E-state index is -0.643. The topological polar surface area (TPSA) is 80.6 Å². The van der Waals surface area contributed by atoms with E-state index in [9.17, 15) is 14.7 Å². The summed E-state index contributed by atoms with van der Waals surface area (Å²) in [6.07, 6.45) is 0.701. The monoisotopic (exact) mass is 350 g/mol. The van der Waals surface area contributed by atoms with Gasteiger partial charge in [0.25, 0.3) is 11.5 Å². The summed E-state index contributed by atoms with van der Waals surface area (Å²) in [5, 5.41) is 13.8. The Bertz CT molecular complexity index is 1100. The van der Waals surface area contributed by atoms with E-state index in [1.807, 2.05) is 19.1 Å². The smallest absolute Gasteiger partial charge is 0.268 e. The highest BCUT2D eigenvalue weighted by atomic mass is 16.5. The van der Waals surface area contributed by atoms with Crippen molar-refractivity contribution < 1.29 is 14.6 Å². The molecule has 0 saturated carbocycles. The average Bonchev–Trinajstić information content (AvgIpc) is 2.97. The number of methoxy groups -OCH3 is 1. The third-order valence-corrected chi connectivity index (χ3v) is 4.80. The Kier molecular flexibility index (Phi) is 3.68. The van der Waals surface area contributed by atoms with E-state index in [1.165, 1.54) is 7.11 Å². The second-order valence-corrected chi connectivity index (χ2v) is 6.45. The number of ether oxygens (including phenoxy) is 1. The van der Waals surface area contributed by atoms with Crippen molar-refractivity contribution in [1.82, 2.24) is 4.57 Å². The average molecular weight is 350 g/mol. The number of hydrogen-bond donors (Lipinski definition) is 2. The first kappa shape index (κ1) is 16.2. The number of benzene rings is 2. The minimum absolute atomic E-state index is 0.0635. The van der Waals surface area contributed by atoms with Crippen LogP contribution in [0.2, 0.25) is 0 Å². The van der Waals surface area contributed by atoms with Gasteiger partial charge in [0.2, 0.25) is 0 Å². The van der Waals surface area contributed by atoms with Crippen LogP contribution in [0, 0.1) is 0 Å². The molecular weight excluding hydrogens is 332 g/mol. The van der Waals surface area contributed by atoms with E-state index < -0.39 is 11.5 Å². The van der Waals surface area contributed by atoms with Crippen molar-refractivity contribution in [3.8, 4) is 11.5 Å². The van der Waals surface area contributed by atoms with Gasteiger partial charge in [-0.1, -0.05) is 18.2 Å². The van der Waals surface area contributed by atoms with E-state index in [1.54, 1.807) is 34.9 Å². The van der Waals surface area contributed by atoms with Crippen LogP contribution in [-0.2, 0) is 6.42 Å². The molecule has 1 aliphatic heterocycles. The molecule has 3 aromatic rings. The number of aromatic nitrogens is 1. The fourth-order valence-electron chi connectivity index (χ4n) is 3.62. The standard InChI is InChI=1S/C20H18N2O4/c1-11-9-12-5-3-8-15-17(12)22(11)20(25)16(18(15)23)19(24)21-13-6-4-7-14(10-13)26-2/h3-8,10-11,23H,9H2,1-2H3,(H,21,24). The molecule has 132 valence electrons. The molecule has 2 aromatic carbocycles. The van der Waals surface area contributed by atoms with Crippen molar-refractivity contribution in [2.45, 2.75) is 19.4 Å². The van der Waals surface area contributed by atoms with Gasteiger partial charge in [-0.3, -0.25) is 9.59 Å². The molecule has 1 unspecified atom stereocenters. The van der Waals surface area contributed by atoms with E-state index in [-0.39, 0.29) is 17.4 Å². The Labute approximate surface area is 149 Å². The molecule has 0 saturated heterocycles. The molecule has 0 spiro atoms. The van der Waals surface area contributed by atoms with Crippen LogP contribution in [0.3, 0.4) is 0 Å². The number of pyridine rings is 1. The zero-order valence-corrected chi connectivity index (χ0v) is 14.4. The van der Waals surface area contributed by atoms with Crippen molar-refractivity contribution in [2.24, 2.45) is 0 Å². The number of rotatable bonds is 3. The summed E-state index contributed by atoms with van der Waals surface area (Å²) < 4.78 is 6.74. The van der Waals surface area contributed by atoms with E-state index in [0.717, 1.165) is 5.56 Å². The highest BCUT2D eigenvalue weighted by Gasteiger charge is 2.29. The minimum Gasteiger partial charge on any atom is -0.506 e. The first-order chi connectivity index (χ1) is 12.5. The summed E-state index contributed by atoms with van der Waals surface area (Å²) >= 11 is 0. The SMILES string of the molecule is COc1cccc(NC(=O)c2c(O)c3cccc4c3n(c2=O)C(C)C4)c1. The maximum absolute atomic E-state index is 13.0. The predicted octanol–water partition coefficient (Wildman–Crippen LogP) is 3.09. The number of nitrogens with one attached hydrogen (secondary N) is 1. The van der Waals surface area contributed by atoms with Crippen LogP contribution in [0.15, 0.2) is 47.3 Å². The number of carbonyl (C=O) groups is 1. The second-order valence-electron chi connectivity index (χ2n) is 6.45. The highest BCUT2D eigenvalue weighted by Crippen LogP contribution is 2.36. The van der Waals surface area contributed by atoms with Crippen LogP contribution in [0.5, 0.6) is 11.5 Å². The molecular formula is C20H18N2O4. The van der Waals surface area contributed by atoms with Crippen LogP contribution in [0.1, 0.15) is 28.9 Å². The molecule has 0 bridgehead atoms. The zero-order valence-electron chi connectivity index (χ0n) is 14.4. The molecule has 6 nitrogen and oxygen atoms in total. The lowest BCUT2D eigenvalue weighted by Crippen LogP contribution is -2.30. The number of para-hydroxylation sites is 1.